The summed E-state index contributed by atoms with van der Waals surface area (Å²) in [7, 11) is 0. The van der Waals surface area contributed by atoms with Gasteiger partial charge in [-0.05, 0) is 51.6 Å². The average molecular weight is 312 g/mol. The number of rotatable bonds is 6. The monoisotopic (exact) mass is 312 g/mol. The second-order valence-corrected chi connectivity index (χ2v) is 5.81. The largest absolute Gasteiger partial charge is 0.464 e. The van der Waals surface area contributed by atoms with Gasteiger partial charge in [-0.1, -0.05) is 0 Å². The van der Waals surface area contributed by atoms with Crippen molar-refractivity contribution < 1.29 is 23.9 Å². The molecule has 2 fully saturated rings. The van der Waals surface area contributed by atoms with E-state index in [2.05, 4.69) is 10.6 Å². The van der Waals surface area contributed by atoms with Crippen molar-refractivity contribution in [3.63, 3.8) is 0 Å². The zero-order valence-corrected chi connectivity index (χ0v) is 13.1. The molecular formula is C15H24N2O5. The molecule has 0 aromatic heterocycles. The highest BCUT2D eigenvalue weighted by molar-refractivity contribution is 6.03. The van der Waals surface area contributed by atoms with Crippen LogP contribution in [0.15, 0.2) is 0 Å². The van der Waals surface area contributed by atoms with E-state index in [0.29, 0.717) is 0 Å². The highest BCUT2D eigenvalue weighted by atomic mass is 16.6. The smallest absolute Gasteiger partial charge is 0.340 e. The standard InChI is InChI=1S/C15H24N2O5/c1-3-21-13(19)11(14(20)22-4-2)17-12(18)10-9-15(10)5-7-16-8-6-15/h10-11,16H,3-9H2,1-2H3,(H,17,18). The molecule has 124 valence electrons. The maximum atomic E-state index is 12.4. The van der Waals surface area contributed by atoms with Crippen molar-refractivity contribution in [2.45, 2.75) is 39.2 Å². The molecule has 1 atom stereocenters. The molecule has 0 aromatic rings. The first-order valence-electron chi connectivity index (χ1n) is 7.88. The molecule has 1 saturated heterocycles. The van der Waals surface area contributed by atoms with Gasteiger partial charge in [-0.2, -0.15) is 0 Å². The molecule has 0 aromatic carbocycles. The molecule has 1 spiro atoms. The van der Waals surface area contributed by atoms with E-state index in [9.17, 15) is 14.4 Å². The van der Waals surface area contributed by atoms with E-state index in [-0.39, 0.29) is 30.5 Å². The van der Waals surface area contributed by atoms with Gasteiger partial charge in [-0.3, -0.25) is 4.79 Å². The number of hydrogen-bond acceptors (Lipinski definition) is 6. The molecule has 1 aliphatic heterocycles. The van der Waals surface area contributed by atoms with Crippen LogP contribution in [-0.4, -0.2) is 50.2 Å². The Kier molecular flexibility index (Phi) is 5.39. The molecule has 2 rings (SSSR count). The van der Waals surface area contributed by atoms with Gasteiger partial charge in [-0.25, -0.2) is 9.59 Å². The number of carbonyl (C=O) groups excluding carboxylic acids is 3. The summed E-state index contributed by atoms with van der Waals surface area (Å²) >= 11 is 0. The first kappa shape index (κ1) is 16.7. The summed E-state index contributed by atoms with van der Waals surface area (Å²) in [5.74, 6) is -1.92. The van der Waals surface area contributed by atoms with Gasteiger partial charge < -0.3 is 20.1 Å². The van der Waals surface area contributed by atoms with Gasteiger partial charge in [0.25, 0.3) is 0 Å². The Bertz CT molecular complexity index is 427. The predicted octanol–water partition coefficient (Wildman–Crippen LogP) is -0.0129. The topological polar surface area (TPSA) is 93.7 Å². The summed E-state index contributed by atoms with van der Waals surface area (Å²) in [6.45, 7) is 5.39. The van der Waals surface area contributed by atoms with Gasteiger partial charge in [0.05, 0.1) is 13.2 Å². The minimum atomic E-state index is -1.37. The minimum Gasteiger partial charge on any atom is -0.464 e. The highest BCUT2D eigenvalue weighted by Crippen LogP contribution is 2.58. The molecule has 0 radical (unpaired) electrons. The number of ether oxygens (including phenoxy) is 2. The fraction of sp³-hybridized carbons (Fsp3) is 0.800. The Balaban J connectivity index is 1.96. The number of piperidine rings is 1. The van der Waals surface area contributed by atoms with Crippen LogP contribution in [0.5, 0.6) is 0 Å². The van der Waals surface area contributed by atoms with Crippen LogP contribution < -0.4 is 10.6 Å². The first-order chi connectivity index (χ1) is 10.5. The van der Waals surface area contributed by atoms with Gasteiger partial charge >= 0.3 is 11.9 Å². The number of carbonyl (C=O) groups is 3. The first-order valence-corrected chi connectivity index (χ1v) is 7.88. The van der Waals surface area contributed by atoms with Crippen molar-refractivity contribution in [1.82, 2.24) is 10.6 Å². The highest BCUT2D eigenvalue weighted by Gasteiger charge is 2.58. The lowest BCUT2D eigenvalue weighted by molar-refractivity contribution is -0.159. The van der Waals surface area contributed by atoms with Crippen molar-refractivity contribution in [2.24, 2.45) is 11.3 Å². The minimum absolute atomic E-state index is 0.0448. The normalized spacial score (nSPS) is 22.2. The third-order valence-electron chi connectivity index (χ3n) is 4.44. The van der Waals surface area contributed by atoms with E-state index in [0.717, 1.165) is 32.4 Å². The fourth-order valence-corrected chi connectivity index (χ4v) is 3.10. The summed E-state index contributed by atoms with van der Waals surface area (Å²) in [5, 5.41) is 5.78. The van der Waals surface area contributed by atoms with Crippen molar-refractivity contribution in [2.75, 3.05) is 26.3 Å². The summed E-state index contributed by atoms with van der Waals surface area (Å²) in [4.78, 5) is 36.1. The van der Waals surface area contributed by atoms with Gasteiger partial charge in [0.15, 0.2) is 0 Å². The average Bonchev–Trinajstić information content (AvgIpc) is 3.19. The molecule has 2 N–H and O–H groups in total. The second kappa shape index (κ2) is 7.09. The van der Waals surface area contributed by atoms with E-state index >= 15 is 0 Å². The Labute approximate surface area is 130 Å². The predicted molar refractivity (Wildman–Crippen MR) is 77.8 cm³/mol. The molecule has 0 bridgehead atoms. The van der Waals surface area contributed by atoms with Gasteiger partial charge in [0.1, 0.15) is 0 Å². The molecule has 1 heterocycles. The number of esters is 2. The van der Waals surface area contributed by atoms with Crippen LogP contribution in [0.3, 0.4) is 0 Å². The van der Waals surface area contributed by atoms with E-state index in [1.54, 1.807) is 13.8 Å². The molecule has 1 unspecified atom stereocenters. The van der Waals surface area contributed by atoms with E-state index in [4.69, 9.17) is 9.47 Å². The quantitative estimate of drug-likeness (QED) is 0.529. The third kappa shape index (κ3) is 3.58. The molecule has 1 aliphatic carbocycles. The van der Waals surface area contributed by atoms with Crippen LogP contribution in [0.1, 0.15) is 33.1 Å². The van der Waals surface area contributed by atoms with Gasteiger partial charge in [-0.15, -0.1) is 0 Å². The van der Waals surface area contributed by atoms with Crippen LogP contribution in [0.25, 0.3) is 0 Å². The van der Waals surface area contributed by atoms with Crippen molar-refractivity contribution >= 4 is 17.8 Å². The molecule has 22 heavy (non-hydrogen) atoms. The Morgan fingerprint density at radius 1 is 1.14 bits per heavy atom. The number of amides is 1. The number of hydrogen-bond donors (Lipinski definition) is 2. The molecule has 7 heteroatoms. The Morgan fingerprint density at radius 3 is 2.18 bits per heavy atom. The van der Waals surface area contributed by atoms with Gasteiger partial charge in [0.2, 0.25) is 11.9 Å². The zero-order valence-electron chi connectivity index (χ0n) is 13.1. The zero-order chi connectivity index (χ0) is 16.2. The lowest BCUT2D eigenvalue weighted by atomic mass is 9.91. The molecule has 2 aliphatic rings. The molecule has 1 saturated carbocycles. The molecule has 7 nitrogen and oxygen atoms in total. The fourth-order valence-electron chi connectivity index (χ4n) is 3.10. The van der Waals surface area contributed by atoms with E-state index in [1.165, 1.54) is 0 Å². The number of nitrogens with one attached hydrogen (secondary N) is 2. The van der Waals surface area contributed by atoms with Crippen molar-refractivity contribution in [3.8, 4) is 0 Å². The SMILES string of the molecule is CCOC(=O)C(NC(=O)C1CC12CCNCC2)C(=O)OCC. The lowest BCUT2D eigenvalue weighted by Gasteiger charge is -2.23. The summed E-state index contributed by atoms with van der Waals surface area (Å²) in [6, 6.07) is -1.37. The van der Waals surface area contributed by atoms with E-state index in [1.807, 2.05) is 0 Å². The van der Waals surface area contributed by atoms with Crippen LogP contribution >= 0.6 is 0 Å². The molecule has 1 amide bonds. The van der Waals surface area contributed by atoms with E-state index < -0.39 is 18.0 Å². The lowest BCUT2D eigenvalue weighted by Crippen LogP contribution is -2.49. The maximum absolute atomic E-state index is 12.4. The summed E-state index contributed by atoms with van der Waals surface area (Å²) in [6.07, 6.45) is 2.72. The second-order valence-electron chi connectivity index (χ2n) is 5.81. The summed E-state index contributed by atoms with van der Waals surface area (Å²) < 4.78 is 9.69. The summed E-state index contributed by atoms with van der Waals surface area (Å²) in [5.41, 5.74) is 0.0448. The Morgan fingerprint density at radius 2 is 1.68 bits per heavy atom. The van der Waals surface area contributed by atoms with Gasteiger partial charge in [0, 0.05) is 5.92 Å². The van der Waals surface area contributed by atoms with Crippen LogP contribution in [0.4, 0.5) is 0 Å². The van der Waals surface area contributed by atoms with Crippen LogP contribution in [0.2, 0.25) is 0 Å². The van der Waals surface area contributed by atoms with Crippen molar-refractivity contribution in [3.05, 3.63) is 0 Å². The van der Waals surface area contributed by atoms with Crippen LogP contribution in [-0.2, 0) is 23.9 Å². The molecular weight excluding hydrogens is 288 g/mol. The van der Waals surface area contributed by atoms with Crippen molar-refractivity contribution in [1.29, 1.82) is 0 Å². The van der Waals surface area contributed by atoms with Crippen LogP contribution in [0, 0.1) is 11.3 Å². The maximum Gasteiger partial charge on any atom is 0.340 e. The third-order valence-corrected chi connectivity index (χ3v) is 4.44. The Hall–Kier alpha value is -1.63.